The van der Waals surface area contributed by atoms with Crippen LogP contribution in [0.25, 0.3) is 11.0 Å². The van der Waals surface area contributed by atoms with Gasteiger partial charge in [0.15, 0.2) is 0 Å². The smallest absolute Gasteiger partial charge is 0.103 e. The minimum absolute atomic E-state index is 0.890. The Balaban J connectivity index is 2.77. The molecule has 0 unspecified atom stereocenters. The minimum atomic E-state index is 0.890. The molecular formula is C9H8BrN3. The number of nitrogens with one attached hydrogen (secondary N) is 1. The second-order valence-electron chi connectivity index (χ2n) is 2.63. The normalized spacial score (nSPS) is 10.3. The van der Waals surface area contributed by atoms with Crippen molar-refractivity contribution in [2.45, 2.75) is 0 Å². The molecule has 2 aromatic rings. The van der Waals surface area contributed by atoms with Crippen LogP contribution >= 0.6 is 15.9 Å². The zero-order valence-electron chi connectivity index (χ0n) is 7.08. The number of halogens is 1. The van der Waals surface area contributed by atoms with Crippen LogP contribution in [0, 0.1) is 0 Å². The molecule has 0 aliphatic heterocycles. The molecule has 0 radical (unpaired) electrons. The van der Waals surface area contributed by atoms with E-state index in [0.29, 0.717) is 0 Å². The van der Waals surface area contributed by atoms with E-state index in [0.717, 1.165) is 21.2 Å². The highest BCUT2D eigenvalue weighted by Crippen LogP contribution is 2.24. The van der Waals surface area contributed by atoms with Crippen molar-refractivity contribution in [1.82, 2.24) is 9.97 Å². The van der Waals surface area contributed by atoms with Crippen LogP contribution in [0.4, 0.5) is 5.69 Å². The third kappa shape index (κ3) is 1.49. The van der Waals surface area contributed by atoms with Crippen LogP contribution in [0.1, 0.15) is 0 Å². The average Bonchev–Trinajstić information content (AvgIpc) is 2.18. The van der Waals surface area contributed by atoms with Gasteiger partial charge in [0.25, 0.3) is 0 Å². The Bertz CT molecular complexity index is 442. The highest BCUT2D eigenvalue weighted by Gasteiger charge is 2.01. The Morgan fingerprint density at radius 2 is 2.00 bits per heavy atom. The van der Waals surface area contributed by atoms with Crippen LogP contribution in [0.2, 0.25) is 0 Å². The van der Waals surface area contributed by atoms with Crippen LogP contribution in [-0.4, -0.2) is 17.0 Å². The van der Waals surface area contributed by atoms with Gasteiger partial charge in [-0.1, -0.05) is 0 Å². The number of hydrogen-bond donors (Lipinski definition) is 1. The highest BCUT2D eigenvalue weighted by molar-refractivity contribution is 9.10. The molecule has 4 heteroatoms. The van der Waals surface area contributed by atoms with Crippen molar-refractivity contribution < 1.29 is 0 Å². The minimum Gasteiger partial charge on any atom is -0.388 e. The molecule has 1 aromatic carbocycles. The Kier molecular flexibility index (Phi) is 2.14. The SMILES string of the molecule is CNc1cc(Br)c2nccnc2c1. The van der Waals surface area contributed by atoms with E-state index < -0.39 is 0 Å². The number of rotatable bonds is 1. The first-order chi connectivity index (χ1) is 6.31. The lowest BCUT2D eigenvalue weighted by molar-refractivity contribution is 1.29. The number of anilines is 1. The van der Waals surface area contributed by atoms with Gasteiger partial charge in [-0.15, -0.1) is 0 Å². The van der Waals surface area contributed by atoms with Crippen LogP contribution in [0.5, 0.6) is 0 Å². The molecule has 0 saturated carbocycles. The molecule has 3 nitrogen and oxygen atoms in total. The topological polar surface area (TPSA) is 37.8 Å². The van der Waals surface area contributed by atoms with Crippen molar-refractivity contribution in [1.29, 1.82) is 0 Å². The van der Waals surface area contributed by atoms with Crippen molar-refractivity contribution in [2.24, 2.45) is 0 Å². The van der Waals surface area contributed by atoms with Gasteiger partial charge in [0, 0.05) is 29.6 Å². The number of hydrogen-bond acceptors (Lipinski definition) is 3. The Morgan fingerprint density at radius 3 is 2.77 bits per heavy atom. The number of aromatic nitrogens is 2. The summed E-state index contributed by atoms with van der Waals surface area (Å²) in [6.45, 7) is 0. The van der Waals surface area contributed by atoms with Crippen LogP contribution in [-0.2, 0) is 0 Å². The molecule has 13 heavy (non-hydrogen) atoms. The third-order valence-electron chi connectivity index (χ3n) is 1.82. The molecule has 0 aliphatic rings. The zero-order chi connectivity index (χ0) is 9.26. The monoisotopic (exact) mass is 237 g/mol. The standard InChI is InChI=1S/C9H8BrN3/c1-11-6-4-7(10)9-8(5-6)12-2-3-13-9/h2-5,11H,1H3. The number of nitrogens with zero attached hydrogens (tertiary/aromatic N) is 2. The van der Waals surface area contributed by atoms with E-state index in [9.17, 15) is 0 Å². The van der Waals surface area contributed by atoms with Gasteiger partial charge < -0.3 is 5.32 Å². The molecule has 0 atom stereocenters. The van der Waals surface area contributed by atoms with E-state index in [1.165, 1.54) is 0 Å². The van der Waals surface area contributed by atoms with E-state index in [1.54, 1.807) is 12.4 Å². The molecule has 0 amide bonds. The summed E-state index contributed by atoms with van der Waals surface area (Å²) < 4.78 is 0.961. The summed E-state index contributed by atoms with van der Waals surface area (Å²) in [6, 6.07) is 3.95. The average molecular weight is 238 g/mol. The summed E-state index contributed by atoms with van der Waals surface area (Å²) in [4.78, 5) is 8.44. The van der Waals surface area contributed by atoms with Gasteiger partial charge in [0.05, 0.1) is 5.52 Å². The zero-order valence-corrected chi connectivity index (χ0v) is 8.67. The van der Waals surface area contributed by atoms with E-state index in [-0.39, 0.29) is 0 Å². The summed E-state index contributed by atoms with van der Waals surface area (Å²) in [5.74, 6) is 0. The maximum atomic E-state index is 4.22. The predicted octanol–water partition coefficient (Wildman–Crippen LogP) is 2.43. The Hall–Kier alpha value is -1.16. The van der Waals surface area contributed by atoms with Gasteiger partial charge in [-0.3, -0.25) is 9.97 Å². The van der Waals surface area contributed by atoms with Crippen LogP contribution < -0.4 is 5.32 Å². The molecule has 1 heterocycles. The fraction of sp³-hybridized carbons (Fsp3) is 0.111. The first kappa shape index (κ1) is 8.44. The molecule has 0 aliphatic carbocycles. The van der Waals surface area contributed by atoms with E-state index >= 15 is 0 Å². The Morgan fingerprint density at radius 1 is 1.23 bits per heavy atom. The molecule has 0 fully saturated rings. The van der Waals surface area contributed by atoms with Crippen LogP contribution in [0.3, 0.4) is 0 Å². The number of fused-ring (bicyclic) bond motifs is 1. The molecule has 0 bridgehead atoms. The van der Waals surface area contributed by atoms with Gasteiger partial charge in [-0.2, -0.15) is 0 Å². The molecular weight excluding hydrogens is 230 g/mol. The second-order valence-corrected chi connectivity index (χ2v) is 3.49. The van der Waals surface area contributed by atoms with Crippen molar-refractivity contribution in [2.75, 3.05) is 12.4 Å². The third-order valence-corrected chi connectivity index (χ3v) is 2.42. The summed E-state index contributed by atoms with van der Waals surface area (Å²) >= 11 is 3.45. The van der Waals surface area contributed by atoms with Gasteiger partial charge >= 0.3 is 0 Å². The van der Waals surface area contributed by atoms with Gasteiger partial charge in [0.1, 0.15) is 5.52 Å². The first-order valence-corrected chi connectivity index (χ1v) is 4.68. The van der Waals surface area contributed by atoms with Gasteiger partial charge in [-0.05, 0) is 28.1 Å². The maximum Gasteiger partial charge on any atom is 0.103 e. The summed E-state index contributed by atoms with van der Waals surface area (Å²) in [5, 5.41) is 3.06. The molecule has 1 aromatic heterocycles. The fourth-order valence-corrected chi connectivity index (χ4v) is 1.73. The summed E-state index contributed by atoms with van der Waals surface area (Å²) in [5.41, 5.74) is 2.81. The predicted molar refractivity (Wildman–Crippen MR) is 56.8 cm³/mol. The van der Waals surface area contributed by atoms with Crippen molar-refractivity contribution in [3.05, 3.63) is 29.0 Å². The maximum absolute atomic E-state index is 4.22. The fourth-order valence-electron chi connectivity index (χ4n) is 1.18. The molecule has 2 rings (SSSR count). The van der Waals surface area contributed by atoms with E-state index in [1.807, 2.05) is 19.2 Å². The molecule has 0 saturated heterocycles. The highest BCUT2D eigenvalue weighted by atomic mass is 79.9. The quantitative estimate of drug-likeness (QED) is 0.829. The van der Waals surface area contributed by atoms with Crippen molar-refractivity contribution in [3.8, 4) is 0 Å². The molecule has 1 N–H and O–H groups in total. The van der Waals surface area contributed by atoms with Crippen molar-refractivity contribution in [3.63, 3.8) is 0 Å². The van der Waals surface area contributed by atoms with Gasteiger partial charge in [-0.25, -0.2) is 0 Å². The summed E-state index contributed by atoms with van der Waals surface area (Å²) in [6.07, 6.45) is 3.38. The molecule has 0 spiro atoms. The molecule has 66 valence electrons. The first-order valence-electron chi connectivity index (χ1n) is 3.89. The van der Waals surface area contributed by atoms with Crippen molar-refractivity contribution >= 4 is 32.7 Å². The number of benzene rings is 1. The lowest BCUT2D eigenvalue weighted by atomic mass is 10.2. The van der Waals surface area contributed by atoms with Gasteiger partial charge in [0.2, 0.25) is 0 Å². The summed E-state index contributed by atoms with van der Waals surface area (Å²) in [7, 11) is 1.88. The van der Waals surface area contributed by atoms with Crippen LogP contribution in [0.15, 0.2) is 29.0 Å². The lowest BCUT2D eigenvalue weighted by Gasteiger charge is -2.03. The Labute approximate surface area is 84.3 Å². The lowest BCUT2D eigenvalue weighted by Crippen LogP contribution is -1.90. The largest absolute Gasteiger partial charge is 0.388 e. The van der Waals surface area contributed by atoms with E-state index in [4.69, 9.17) is 0 Å². The van der Waals surface area contributed by atoms with E-state index in [2.05, 4.69) is 31.2 Å². The second kappa shape index (κ2) is 3.30.